The van der Waals surface area contributed by atoms with Crippen LogP contribution in [-0.4, -0.2) is 37.5 Å². The third-order valence-electron chi connectivity index (χ3n) is 3.09. The molecule has 0 aromatic heterocycles. The third-order valence-corrected chi connectivity index (χ3v) is 4.11. The first-order valence-electron chi connectivity index (χ1n) is 7.67. The van der Waals surface area contributed by atoms with Crippen molar-refractivity contribution in [2.45, 2.75) is 4.90 Å². The van der Waals surface area contributed by atoms with Crippen molar-refractivity contribution in [1.82, 2.24) is 5.43 Å². The number of nitrogens with one attached hydrogen (secondary N) is 1. The Morgan fingerprint density at radius 1 is 1.12 bits per heavy atom. The molecule has 2 aromatic rings. The highest BCUT2D eigenvalue weighted by molar-refractivity contribution is 8.00. The molecular formula is C18H19N3O4S. The molecule has 2 rings (SSSR count). The standard InChI is InChI=1S/C18H19N3O4S/c1-24-14-6-8-16(9-7-14)26-12-18(23)21-20-10-13-2-4-15(5-3-13)25-11-17(19)22/h2-10H,11-12H2,1H3,(H2,19,22)(H,21,23)/b20-10+. The van der Waals surface area contributed by atoms with Crippen LogP contribution >= 0.6 is 11.8 Å². The number of benzene rings is 2. The number of ether oxygens (including phenoxy) is 2. The highest BCUT2D eigenvalue weighted by Crippen LogP contribution is 2.20. The van der Waals surface area contributed by atoms with E-state index in [0.717, 1.165) is 16.2 Å². The Morgan fingerprint density at radius 2 is 1.77 bits per heavy atom. The molecule has 26 heavy (non-hydrogen) atoms. The second-order valence-corrected chi connectivity index (χ2v) is 6.13. The van der Waals surface area contributed by atoms with Crippen LogP contribution < -0.4 is 20.6 Å². The van der Waals surface area contributed by atoms with Crippen molar-refractivity contribution in [3.05, 3.63) is 54.1 Å². The van der Waals surface area contributed by atoms with Gasteiger partial charge in [0.15, 0.2) is 6.61 Å². The van der Waals surface area contributed by atoms with E-state index in [2.05, 4.69) is 10.5 Å². The number of carbonyl (C=O) groups is 2. The van der Waals surface area contributed by atoms with E-state index in [9.17, 15) is 9.59 Å². The Labute approximate surface area is 155 Å². The molecular weight excluding hydrogens is 354 g/mol. The molecule has 0 radical (unpaired) electrons. The zero-order valence-electron chi connectivity index (χ0n) is 14.2. The van der Waals surface area contributed by atoms with Crippen LogP contribution in [0.15, 0.2) is 58.5 Å². The lowest BCUT2D eigenvalue weighted by molar-refractivity contribution is -0.120. The molecule has 2 aromatic carbocycles. The molecule has 8 heteroatoms. The van der Waals surface area contributed by atoms with Gasteiger partial charge in [-0.1, -0.05) is 0 Å². The lowest BCUT2D eigenvalue weighted by Gasteiger charge is -2.04. The number of methoxy groups -OCH3 is 1. The summed E-state index contributed by atoms with van der Waals surface area (Å²) in [4.78, 5) is 23.4. The Hall–Kier alpha value is -3.00. The summed E-state index contributed by atoms with van der Waals surface area (Å²) in [6.45, 7) is -0.171. The summed E-state index contributed by atoms with van der Waals surface area (Å²) >= 11 is 1.41. The van der Waals surface area contributed by atoms with Crippen molar-refractivity contribution >= 4 is 29.8 Å². The summed E-state index contributed by atoms with van der Waals surface area (Å²) in [6, 6.07) is 14.3. The van der Waals surface area contributed by atoms with Crippen molar-refractivity contribution in [3.63, 3.8) is 0 Å². The largest absolute Gasteiger partial charge is 0.497 e. The Balaban J connectivity index is 1.74. The molecule has 136 valence electrons. The molecule has 3 N–H and O–H groups in total. The second kappa shape index (κ2) is 10.1. The zero-order chi connectivity index (χ0) is 18.8. The molecule has 0 bridgehead atoms. The normalized spacial score (nSPS) is 10.5. The number of thioether (sulfide) groups is 1. The predicted molar refractivity (Wildman–Crippen MR) is 101 cm³/mol. The van der Waals surface area contributed by atoms with Crippen molar-refractivity contribution in [2.75, 3.05) is 19.5 Å². The Bertz CT molecular complexity index is 761. The van der Waals surface area contributed by atoms with E-state index in [0.29, 0.717) is 5.75 Å². The van der Waals surface area contributed by atoms with E-state index in [1.54, 1.807) is 31.4 Å². The van der Waals surface area contributed by atoms with Gasteiger partial charge in [0.1, 0.15) is 11.5 Å². The summed E-state index contributed by atoms with van der Waals surface area (Å²) in [6.07, 6.45) is 1.52. The fourth-order valence-electron chi connectivity index (χ4n) is 1.84. The lowest BCUT2D eigenvalue weighted by Crippen LogP contribution is -2.20. The first-order chi connectivity index (χ1) is 12.6. The van der Waals surface area contributed by atoms with Gasteiger partial charge in [0.2, 0.25) is 5.91 Å². The van der Waals surface area contributed by atoms with Gasteiger partial charge in [0.25, 0.3) is 5.91 Å². The maximum Gasteiger partial charge on any atom is 0.255 e. The number of nitrogens with zero attached hydrogens (tertiary/aromatic N) is 1. The third kappa shape index (κ3) is 6.86. The van der Waals surface area contributed by atoms with Crippen molar-refractivity contribution < 1.29 is 19.1 Å². The van der Waals surface area contributed by atoms with E-state index >= 15 is 0 Å². The Morgan fingerprint density at radius 3 is 2.38 bits per heavy atom. The molecule has 0 spiro atoms. The smallest absolute Gasteiger partial charge is 0.255 e. The number of rotatable bonds is 9. The number of hydrogen-bond acceptors (Lipinski definition) is 6. The van der Waals surface area contributed by atoms with Gasteiger partial charge in [0.05, 0.1) is 19.1 Å². The quantitative estimate of drug-likeness (QED) is 0.396. The summed E-state index contributed by atoms with van der Waals surface area (Å²) in [5.74, 6) is 0.813. The number of carbonyl (C=O) groups excluding carboxylic acids is 2. The Kier molecular flexibility index (Phi) is 7.50. The number of hydrogen-bond donors (Lipinski definition) is 2. The van der Waals surface area contributed by atoms with Crippen LogP contribution in [0.4, 0.5) is 0 Å². The fourth-order valence-corrected chi connectivity index (χ4v) is 2.53. The predicted octanol–water partition coefficient (Wildman–Crippen LogP) is 1.80. The minimum Gasteiger partial charge on any atom is -0.497 e. The molecule has 0 aliphatic carbocycles. The number of primary amides is 1. The molecule has 0 saturated carbocycles. The van der Waals surface area contributed by atoms with Crippen LogP contribution in [0, 0.1) is 0 Å². The molecule has 0 saturated heterocycles. The maximum absolute atomic E-state index is 11.8. The van der Waals surface area contributed by atoms with Crippen molar-refractivity contribution in [2.24, 2.45) is 10.8 Å². The average molecular weight is 373 g/mol. The van der Waals surface area contributed by atoms with Gasteiger partial charge < -0.3 is 15.2 Å². The topological polar surface area (TPSA) is 103 Å². The summed E-state index contributed by atoms with van der Waals surface area (Å²) in [7, 11) is 1.61. The van der Waals surface area contributed by atoms with E-state index in [-0.39, 0.29) is 18.3 Å². The number of nitrogens with two attached hydrogens (primary N) is 1. The summed E-state index contributed by atoms with van der Waals surface area (Å²) in [5, 5.41) is 3.91. The maximum atomic E-state index is 11.8. The highest BCUT2D eigenvalue weighted by Gasteiger charge is 2.02. The van der Waals surface area contributed by atoms with Crippen LogP contribution in [0.5, 0.6) is 11.5 Å². The number of amides is 2. The van der Waals surface area contributed by atoms with Crippen molar-refractivity contribution in [3.8, 4) is 11.5 Å². The first-order valence-corrected chi connectivity index (χ1v) is 8.65. The summed E-state index contributed by atoms with van der Waals surface area (Å²) < 4.78 is 10.2. The zero-order valence-corrected chi connectivity index (χ0v) is 15.0. The monoisotopic (exact) mass is 373 g/mol. The van der Waals surface area contributed by atoms with E-state index < -0.39 is 5.91 Å². The fraction of sp³-hybridized carbons (Fsp3) is 0.167. The van der Waals surface area contributed by atoms with Gasteiger partial charge in [-0.2, -0.15) is 5.10 Å². The molecule has 0 fully saturated rings. The van der Waals surface area contributed by atoms with Gasteiger partial charge in [0, 0.05) is 4.90 Å². The molecule has 0 heterocycles. The minimum atomic E-state index is -0.536. The number of hydrazone groups is 1. The van der Waals surface area contributed by atoms with Gasteiger partial charge in [-0.3, -0.25) is 9.59 Å². The van der Waals surface area contributed by atoms with Gasteiger partial charge in [-0.15, -0.1) is 11.8 Å². The molecule has 0 aliphatic heterocycles. The van der Waals surface area contributed by atoms with Crippen LogP contribution in [0.1, 0.15) is 5.56 Å². The second-order valence-electron chi connectivity index (χ2n) is 5.08. The van der Waals surface area contributed by atoms with E-state index in [4.69, 9.17) is 15.2 Å². The molecule has 0 aliphatic rings. The molecule has 0 unspecified atom stereocenters. The lowest BCUT2D eigenvalue weighted by atomic mass is 10.2. The van der Waals surface area contributed by atoms with Crippen LogP contribution in [-0.2, 0) is 9.59 Å². The van der Waals surface area contributed by atoms with Gasteiger partial charge in [-0.05, 0) is 54.1 Å². The van der Waals surface area contributed by atoms with Crippen molar-refractivity contribution in [1.29, 1.82) is 0 Å². The van der Waals surface area contributed by atoms with Crippen LogP contribution in [0.2, 0.25) is 0 Å². The van der Waals surface area contributed by atoms with Gasteiger partial charge >= 0.3 is 0 Å². The highest BCUT2D eigenvalue weighted by atomic mass is 32.2. The molecule has 0 atom stereocenters. The minimum absolute atomic E-state index is 0.171. The molecule has 2 amide bonds. The first kappa shape index (κ1) is 19.3. The van der Waals surface area contributed by atoms with Crippen LogP contribution in [0.25, 0.3) is 0 Å². The average Bonchev–Trinajstić information content (AvgIpc) is 2.66. The van der Waals surface area contributed by atoms with Gasteiger partial charge in [-0.25, -0.2) is 5.43 Å². The van der Waals surface area contributed by atoms with E-state index in [1.807, 2.05) is 24.3 Å². The van der Waals surface area contributed by atoms with Crippen LogP contribution in [0.3, 0.4) is 0 Å². The van der Waals surface area contributed by atoms with E-state index in [1.165, 1.54) is 18.0 Å². The molecule has 7 nitrogen and oxygen atoms in total. The summed E-state index contributed by atoms with van der Waals surface area (Å²) in [5.41, 5.74) is 8.25. The SMILES string of the molecule is COc1ccc(SCC(=O)N/N=C/c2ccc(OCC(N)=O)cc2)cc1.